The normalized spacial score (nSPS) is 14.8. The summed E-state index contributed by atoms with van der Waals surface area (Å²) in [5.41, 5.74) is 2.75. The van der Waals surface area contributed by atoms with Gasteiger partial charge in [0.2, 0.25) is 0 Å². The fraction of sp³-hybridized carbons (Fsp3) is 0.600. The quantitative estimate of drug-likeness (QED) is 0.774. The predicted octanol–water partition coefficient (Wildman–Crippen LogP) is 3.72. The first-order valence-electron chi connectivity index (χ1n) is 6.37. The summed E-state index contributed by atoms with van der Waals surface area (Å²) in [5, 5.41) is 9.67. The largest absolute Gasteiger partial charge is 0.393 e. The van der Waals surface area contributed by atoms with Gasteiger partial charge in [-0.15, -0.1) is 0 Å². The van der Waals surface area contributed by atoms with Crippen LogP contribution < -0.4 is 0 Å². The van der Waals surface area contributed by atoms with Gasteiger partial charge in [-0.3, -0.25) is 0 Å². The van der Waals surface area contributed by atoms with Crippen molar-refractivity contribution in [3.8, 4) is 0 Å². The minimum absolute atomic E-state index is 0.127. The molecule has 0 aliphatic rings. The molecule has 0 saturated carbocycles. The number of hydrogen-bond acceptors (Lipinski definition) is 1. The molecule has 0 fully saturated rings. The van der Waals surface area contributed by atoms with E-state index in [1.54, 1.807) is 0 Å². The van der Waals surface area contributed by atoms with E-state index in [0.717, 1.165) is 19.3 Å². The lowest BCUT2D eigenvalue weighted by Crippen LogP contribution is -2.16. The van der Waals surface area contributed by atoms with Crippen molar-refractivity contribution in [3.05, 3.63) is 35.4 Å². The highest BCUT2D eigenvalue weighted by Crippen LogP contribution is 2.16. The molecule has 2 atom stereocenters. The number of rotatable bonds is 6. The van der Waals surface area contributed by atoms with E-state index in [1.807, 2.05) is 6.92 Å². The minimum atomic E-state index is -0.127. The topological polar surface area (TPSA) is 20.2 Å². The molecule has 0 spiro atoms. The van der Waals surface area contributed by atoms with Crippen molar-refractivity contribution in [2.45, 2.75) is 52.6 Å². The van der Waals surface area contributed by atoms with Gasteiger partial charge in [0, 0.05) is 0 Å². The van der Waals surface area contributed by atoms with Gasteiger partial charge in [0.15, 0.2) is 0 Å². The van der Waals surface area contributed by atoms with Crippen LogP contribution in [0.25, 0.3) is 0 Å². The average molecular weight is 220 g/mol. The van der Waals surface area contributed by atoms with Gasteiger partial charge < -0.3 is 5.11 Å². The molecule has 1 N–H and O–H groups in total. The lowest BCUT2D eigenvalue weighted by molar-refractivity contribution is 0.107. The van der Waals surface area contributed by atoms with E-state index >= 15 is 0 Å². The fourth-order valence-electron chi connectivity index (χ4n) is 2.09. The van der Waals surface area contributed by atoms with Crippen molar-refractivity contribution in [3.63, 3.8) is 0 Å². The Hall–Kier alpha value is -0.820. The zero-order valence-corrected chi connectivity index (χ0v) is 10.7. The number of aryl methyl sites for hydroxylation is 2. The second kappa shape index (κ2) is 6.70. The number of aliphatic hydroxyl groups excluding tert-OH is 1. The van der Waals surface area contributed by atoms with Crippen molar-refractivity contribution < 1.29 is 5.11 Å². The van der Waals surface area contributed by atoms with E-state index in [0.29, 0.717) is 5.92 Å². The van der Waals surface area contributed by atoms with Gasteiger partial charge in [0.05, 0.1) is 6.10 Å². The molecule has 0 bridgehead atoms. The zero-order valence-electron chi connectivity index (χ0n) is 10.7. The summed E-state index contributed by atoms with van der Waals surface area (Å²) in [7, 11) is 0. The average Bonchev–Trinajstić information content (AvgIpc) is 2.28. The first-order valence-corrected chi connectivity index (χ1v) is 6.37. The monoisotopic (exact) mass is 220 g/mol. The van der Waals surface area contributed by atoms with Gasteiger partial charge in [0.1, 0.15) is 0 Å². The Balaban J connectivity index is 2.30. The predicted molar refractivity (Wildman–Crippen MR) is 69.6 cm³/mol. The number of hydrogen-bond donors (Lipinski definition) is 1. The standard InChI is InChI=1S/C15H24O/c1-4-15(16)13(3)8-6-10-14-9-5-7-12(2)11-14/h5,7,9,11,13,15-16H,4,6,8,10H2,1-3H3. The van der Waals surface area contributed by atoms with E-state index in [2.05, 4.69) is 38.1 Å². The molecule has 1 aromatic carbocycles. The Morgan fingerprint density at radius 2 is 2.06 bits per heavy atom. The van der Waals surface area contributed by atoms with E-state index in [9.17, 15) is 5.11 Å². The Kier molecular flexibility index (Phi) is 5.54. The van der Waals surface area contributed by atoms with Crippen LogP contribution in [-0.4, -0.2) is 11.2 Å². The zero-order chi connectivity index (χ0) is 12.0. The Bertz CT molecular complexity index is 306. The van der Waals surface area contributed by atoms with Crippen LogP contribution in [-0.2, 0) is 6.42 Å². The molecule has 90 valence electrons. The van der Waals surface area contributed by atoms with Crippen LogP contribution >= 0.6 is 0 Å². The third-order valence-corrected chi connectivity index (χ3v) is 3.28. The minimum Gasteiger partial charge on any atom is -0.393 e. The van der Waals surface area contributed by atoms with E-state index < -0.39 is 0 Å². The van der Waals surface area contributed by atoms with E-state index in [1.165, 1.54) is 17.5 Å². The highest BCUT2D eigenvalue weighted by molar-refractivity contribution is 5.22. The maximum atomic E-state index is 9.67. The van der Waals surface area contributed by atoms with Gasteiger partial charge in [-0.05, 0) is 44.1 Å². The Morgan fingerprint density at radius 1 is 1.31 bits per heavy atom. The van der Waals surface area contributed by atoms with E-state index in [-0.39, 0.29) is 6.10 Å². The molecule has 0 amide bonds. The van der Waals surface area contributed by atoms with Crippen LogP contribution in [0, 0.1) is 12.8 Å². The Morgan fingerprint density at radius 3 is 2.69 bits per heavy atom. The van der Waals surface area contributed by atoms with Crippen LogP contribution in [0.1, 0.15) is 44.2 Å². The lowest BCUT2D eigenvalue weighted by Gasteiger charge is -2.16. The summed E-state index contributed by atoms with van der Waals surface area (Å²) in [5.74, 6) is 0.426. The first-order chi connectivity index (χ1) is 7.63. The molecule has 0 saturated heterocycles. The highest BCUT2D eigenvalue weighted by atomic mass is 16.3. The van der Waals surface area contributed by atoms with Crippen molar-refractivity contribution in [2.75, 3.05) is 0 Å². The number of aliphatic hydroxyl groups is 1. The first kappa shape index (κ1) is 13.2. The summed E-state index contributed by atoms with van der Waals surface area (Å²) >= 11 is 0. The molecule has 16 heavy (non-hydrogen) atoms. The second-order valence-electron chi connectivity index (χ2n) is 4.83. The van der Waals surface area contributed by atoms with Gasteiger partial charge in [-0.2, -0.15) is 0 Å². The maximum Gasteiger partial charge on any atom is 0.0563 e. The van der Waals surface area contributed by atoms with Crippen molar-refractivity contribution in [1.29, 1.82) is 0 Å². The van der Waals surface area contributed by atoms with Crippen molar-refractivity contribution in [1.82, 2.24) is 0 Å². The lowest BCUT2D eigenvalue weighted by atomic mass is 9.95. The molecule has 1 nitrogen and oxygen atoms in total. The third kappa shape index (κ3) is 4.36. The molecule has 0 heterocycles. The smallest absolute Gasteiger partial charge is 0.0563 e. The summed E-state index contributed by atoms with van der Waals surface area (Å²) in [4.78, 5) is 0. The fourth-order valence-corrected chi connectivity index (χ4v) is 2.09. The van der Waals surface area contributed by atoms with Gasteiger partial charge in [-0.25, -0.2) is 0 Å². The molecule has 0 aromatic heterocycles. The van der Waals surface area contributed by atoms with Crippen molar-refractivity contribution >= 4 is 0 Å². The summed E-state index contributed by atoms with van der Waals surface area (Å²) in [6.07, 6.45) is 4.15. The molecular weight excluding hydrogens is 196 g/mol. The van der Waals surface area contributed by atoms with Crippen LogP contribution in [0.15, 0.2) is 24.3 Å². The highest BCUT2D eigenvalue weighted by Gasteiger charge is 2.11. The third-order valence-electron chi connectivity index (χ3n) is 3.28. The van der Waals surface area contributed by atoms with Gasteiger partial charge in [0.25, 0.3) is 0 Å². The summed E-state index contributed by atoms with van der Waals surface area (Å²) in [6.45, 7) is 6.32. The molecule has 0 aliphatic carbocycles. The van der Waals surface area contributed by atoms with Crippen molar-refractivity contribution in [2.24, 2.45) is 5.92 Å². The maximum absolute atomic E-state index is 9.67. The molecular formula is C15H24O. The molecule has 1 aromatic rings. The Labute approximate surface area is 99.5 Å². The molecule has 0 radical (unpaired) electrons. The molecule has 2 unspecified atom stereocenters. The van der Waals surface area contributed by atoms with Crippen LogP contribution in [0.5, 0.6) is 0 Å². The van der Waals surface area contributed by atoms with Crippen LogP contribution in [0.3, 0.4) is 0 Å². The number of benzene rings is 1. The second-order valence-corrected chi connectivity index (χ2v) is 4.83. The molecule has 0 aliphatic heterocycles. The van der Waals surface area contributed by atoms with Crippen LogP contribution in [0.2, 0.25) is 0 Å². The van der Waals surface area contributed by atoms with E-state index in [4.69, 9.17) is 0 Å². The molecule has 1 rings (SSSR count). The summed E-state index contributed by atoms with van der Waals surface area (Å²) in [6, 6.07) is 8.69. The SMILES string of the molecule is CCC(O)C(C)CCCc1cccc(C)c1. The van der Waals surface area contributed by atoms with Gasteiger partial charge >= 0.3 is 0 Å². The van der Waals surface area contributed by atoms with Crippen LogP contribution in [0.4, 0.5) is 0 Å². The van der Waals surface area contributed by atoms with Gasteiger partial charge in [-0.1, -0.05) is 43.7 Å². The molecule has 1 heteroatoms. The summed E-state index contributed by atoms with van der Waals surface area (Å²) < 4.78 is 0.